The molecule has 0 aliphatic heterocycles. The lowest BCUT2D eigenvalue weighted by Gasteiger charge is -2.39. The third-order valence-electron chi connectivity index (χ3n) is 5.50. The molecule has 0 fully saturated rings. The third-order valence-corrected chi connectivity index (χ3v) is 10.7. The van der Waals surface area contributed by atoms with Crippen LogP contribution in [0.2, 0.25) is 0 Å². The Kier molecular flexibility index (Phi) is 7.61. The van der Waals surface area contributed by atoms with E-state index in [-0.39, 0.29) is 26.0 Å². The van der Waals surface area contributed by atoms with Crippen LogP contribution in [0, 0.1) is 40.7 Å². The summed E-state index contributed by atoms with van der Waals surface area (Å²) in [4.78, 5) is 9.28. The standard InChI is InChI=1S/C26H15F7O4S2/c1-14(34)15-2-8-18(9-3-15)38(19-10-4-16(27)5-11-19,20-12-6-17(28)7-13-20)37-39(35,36)26-24(32)22(30)21(29)23(31)25(26)33/h2-13H,1H3. The number of carbonyl (C=O) groups is 1. The molecule has 0 bridgehead atoms. The van der Waals surface area contributed by atoms with E-state index < -0.39 is 66.0 Å². The van der Waals surface area contributed by atoms with Crippen molar-refractivity contribution in [2.24, 2.45) is 0 Å². The van der Waals surface area contributed by atoms with Gasteiger partial charge in [0.05, 0.1) is 0 Å². The van der Waals surface area contributed by atoms with Gasteiger partial charge in [0.25, 0.3) is 0 Å². The van der Waals surface area contributed by atoms with Crippen molar-refractivity contribution in [1.29, 1.82) is 0 Å². The minimum atomic E-state index is -5.85. The van der Waals surface area contributed by atoms with Crippen LogP contribution in [0.1, 0.15) is 17.3 Å². The first-order chi connectivity index (χ1) is 18.3. The average Bonchev–Trinajstić information content (AvgIpc) is 2.90. The molecule has 0 aliphatic carbocycles. The van der Waals surface area contributed by atoms with Crippen LogP contribution in [0.15, 0.2) is 92.4 Å². The lowest BCUT2D eigenvalue weighted by atomic mass is 10.2. The molecule has 0 amide bonds. The predicted molar refractivity (Wildman–Crippen MR) is 126 cm³/mol. The molecule has 0 saturated heterocycles. The molecule has 0 atom stereocenters. The van der Waals surface area contributed by atoms with Gasteiger partial charge in [0.1, 0.15) is 11.6 Å². The fourth-order valence-corrected chi connectivity index (χ4v) is 8.92. The van der Waals surface area contributed by atoms with Gasteiger partial charge < -0.3 is 0 Å². The zero-order valence-electron chi connectivity index (χ0n) is 19.5. The van der Waals surface area contributed by atoms with Crippen molar-refractivity contribution in [2.45, 2.75) is 26.5 Å². The van der Waals surface area contributed by atoms with Crippen molar-refractivity contribution in [3.63, 3.8) is 0 Å². The van der Waals surface area contributed by atoms with Crippen LogP contribution in [-0.4, -0.2) is 14.2 Å². The van der Waals surface area contributed by atoms with Crippen LogP contribution in [0.25, 0.3) is 0 Å². The third kappa shape index (κ3) is 5.04. The molecular formula is C26H15F7O4S2. The fraction of sp³-hybridized carbons (Fsp3) is 0.0385. The Morgan fingerprint density at radius 2 is 0.897 bits per heavy atom. The van der Waals surface area contributed by atoms with Crippen molar-refractivity contribution in [1.82, 2.24) is 0 Å². The molecule has 0 aromatic heterocycles. The van der Waals surface area contributed by atoms with E-state index in [0.717, 1.165) is 48.5 Å². The summed E-state index contributed by atoms with van der Waals surface area (Å²) in [6.45, 7) is 1.25. The summed E-state index contributed by atoms with van der Waals surface area (Å²) < 4.78 is 131. The molecule has 4 nitrogen and oxygen atoms in total. The van der Waals surface area contributed by atoms with Gasteiger partial charge in [-0.25, -0.2) is 34.4 Å². The molecule has 0 heterocycles. The lowest BCUT2D eigenvalue weighted by Crippen LogP contribution is -2.19. The Bertz CT molecular complexity index is 1600. The maximum absolute atomic E-state index is 14.6. The van der Waals surface area contributed by atoms with Gasteiger partial charge in [0, 0.05) is 20.2 Å². The number of ketones is 1. The van der Waals surface area contributed by atoms with Gasteiger partial charge in [-0.3, -0.25) is 4.79 Å². The molecule has 4 aromatic rings. The SMILES string of the molecule is CC(=O)c1ccc(S(OS(=O)(=O)c2c(F)c(F)c(F)c(F)c2F)(c2ccc(F)cc2)c2ccc(F)cc2)cc1. The first-order valence-electron chi connectivity index (χ1n) is 10.7. The molecule has 0 aliphatic rings. The first-order valence-corrected chi connectivity index (χ1v) is 13.7. The van der Waals surface area contributed by atoms with Crippen LogP contribution in [0.3, 0.4) is 0 Å². The summed E-state index contributed by atoms with van der Waals surface area (Å²) in [7, 11) is -9.63. The zero-order valence-corrected chi connectivity index (χ0v) is 21.2. The maximum Gasteiger partial charge on any atom is 0.313 e. The largest absolute Gasteiger partial charge is 0.313 e. The number of halogens is 7. The molecule has 39 heavy (non-hydrogen) atoms. The smallest absolute Gasteiger partial charge is 0.295 e. The van der Waals surface area contributed by atoms with Gasteiger partial charge in [0.2, 0.25) is 5.82 Å². The Morgan fingerprint density at radius 1 is 0.564 bits per heavy atom. The molecule has 0 spiro atoms. The predicted octanol–water partition coefficient (Wildman–Crippen LogP) is 7.47. The highest BCUT2D eigenvalue weighted by atomic mass is 32.3. The van der Waals surface area contributed by atoms with Crippen LogP contribution in [0.5, 0.6) is 0 Å². The molecule has 4 aromatic carbocycles. The van der Waals surface area contributed by atoms with Crippen molar-refractivity contribution in [2.75, 3.05) is 0 Å². The second-order valence-corrected chi connectivity index (χ2v) is 12.4. The van der Waals surface area contributed by atoms with Gasteiger partial charge in [-0.1, -0.05) is 12.1 Å². The summed E-state index contributed by atoms with van der Waals surface area (Å²) >= 11 is 0. The van der Waals surface area contributed by atoms with Gasteiger partial charge in [-0.2, -0.15) is 8.42 Å². The van der Waals surface area contributed by atoms with Crippen LogP contribution in [-0.2, 0) is 13.7 Å². The molecule has 0 saturated carbocycles. The number of rotatable bonds is 7. The zero-order chi connectivity index (χ0) is 28.7. The molecule has 0 N–H and O–H groups in total. The van der Waals surface area contributed by atoms with E-state index in [2.05, 4.69) is 0 Å². The quantitative estimate of drug-likeness (QED) is 0.0973. The normalized spacial score (nSPS) is 12.4. The molecule has 204 valence electrons. The molecule has 4 rings (SSSR count). The minimum Gasteiger partial charge on any atom is -0.295 e. The van der Waals surface area contributed by atoms with Gasteiger partial charge in [0.15, 0.2) is 33.9 Å². The van der Waals surface area contributed by atoms with Crippen molar-refractivity contribution in [3.05, 3.63) is 119 Å². The van der Waals surface area contributed by atoms with Crippen molar-refractivity contribution >= 4 is 26.2 Å². The Labute approximate surface area is 219 Å². The first kappa shape index (κ1) is 28.3. The highest BCUT2D eigenvalue weighted by molar-refractivity contribution is 8.33. The second kappa shape index (κ2) is 10.5. The van der Waals surface area contributed by atoms with E-state index in [1.165, 1.54) is 31.2 Å². The van der Waals surface area contributed by atoms with E-state index in [4.69, 9.17) is 3.63 Å². The van der Waals surface area contributed by atoms with E-state index in [0.29, 0.717) is 0 Å². The van der Waals surface area contributed by atoms with Crippen LogP contribution >= 0.6 is 10.3 Å². The summed E-state index contributed by atoms with van der Waals surface area (Å²) in [5.41, 5.74) is 0.174. The Balaban J connectivity index is 2.09. The second-order valence-electron chi connectivity index (χ2n) is 7.97. The average molecular weight is 589 g/mol. The Hall–Kier alpha value is -3.68. The van der Waals surface area contributed by atoms with Gasteiger partial charge in [-0.05, 0) is 77.9 Å². The summed E-state index contributed by atoms with van der Waals surface area (Å²) in [6.07, 6.45) is 0. The topological polar surface area (TPSA) is 60.4 Å². The highest BCUT2D eigenvalue weighted by Crippen LogP contribution is 2.70. The number of benzene rings is 4. The van der Waals surface area contributed by atoms with Crippen molar-refractivity contribution in [3.8, 4) is 0 Å². The summed E-state index contributed by atoms with van der Waals surface area (Å²) in [5, 5.41) is 0. The maximum atomic E-state index is 14.6. The van der Waals surface area contributed by atoms with Gasteiger partial charge >= 0.3 is 10.1 Å². The number of hydrogen-bond donors (Lipinski definition) is 0. The molecule has 0 radical (unpaired) electrons. The fourth-order valence-electron chi connectivity index (χ4n) is 3.63. The molecule has 0 unspecified atom stereocenters. The number of carbonyl (C=O) groups excluding carboxylic acids is 1. The monoisotopic (exact) mass is 588 g/mol. The van der Waals surface area contributed by atoms with E-state index in [1.807, 2.05) is 0 Å². The molecule has 13 heteroatoms. The minimum absolute atomic E-state index is 0.0573. The number of Topliss-reactive ketones (excluding diaryl/α,β-unsaturated/α-hetero) is 1. The number of hydrogen-bond acceptors (Lipinski definition) is 4. The van der Waals surface area contributed by atoms with Crippen molar-refractivity contribution < 1.29 is 47.6 Å². The summed E-state index contributed by atoms with van der Waals surface area (Å²) in [5.74, 6) is -14.9. The lowest BCUT2D eigenvalue weighted by molar-refractivity contribution is 0.101. The van der Waals surface area contributed by atoms with Crippen LogP contribution in [0.4, 0.5) is 30.7 Å². The summed E-state index contributed by atoms with van der Waals surface area (Å²) in [6, 6.07) is 13.0. The highest BCUT2D eigenvalue weighted by Gasteiger charge is 2.42. The molecular weight excluding hydrogens is 573 g/mol. The Morgan fingerprint density at radius 3 is 1.26 bits per heavy atom. The van der Waals surface area contributed by atoms with Gasteiger partial charge in [-0.15, -0.1) is 0 Å². The van der Waals surface area contributed by atoms with E-state index in [9.17, 15) is 43.9 Å². The van der Waals surface area contributed by atoms with Crippen LogP contribution < -0.4 is 0 Å². The van der Waals surface area contributed by atoms with E-state index in [1.54, 1.807) is 0 Å². The van der Waals surface area contributed by atoms with E-state index >= 15 is 0 Å².